The van der Waals surface area contributed by atoms with Gasteiger partial charge >= 0.3 is 12.1 Å². The minimum Gasteiger partial charge on any atom is -0.456 e. The van der Waals surface area contributed by atoms with Crippen LogP contribution in [0.2, 0.25) is 0 Å². The lowest BCUT2D eigenvalue weighted by atomic mass is 9.89. The van der Waals surface area contributed by atoms with Gasteiger partial charge in [0.25, 0.3) is 0 Å². The summed E-state index contributed by atoms with van der Waals surface area (Å²) < 4.78 is 11.3. The number of esters is 1. The van der Waals surface area contributed by atoms with Gasteiger partial charge in [0.2, 0.25) is 0 Å². The number of nitrogens with one attached hydrogen (secondary N) is 1. The van der Waals surface area contributed by atoms with E-state index >= 15 is 0 Å². The molecule has 2 unspecified atom stereocenters. The molecule has 2 saturated carbocycles. The van der Waals surface area contributed by atoms with Gasteiger partial charge in [0, 0.05) is 24.7 Å². The predicted molar refractivity (Wildman–Crippen MR) is 169 cm³/mol. The van der Waals surface area contributed by atoms with Gasteiger partial charge < -0.3 is 19.7 Å². The first-order valence-corrected chi connectivity index (χ1v) is 15.6. The summed E-state index contributed by atoms with van der Waals surface area (Å²) in [6.45, 7) is 14.0. The van der Waals surface area contributed by atoms with Gasteiger partial charge in [0.15, 0.2) is 0 Å². The Balaban J connectivity index is 1.35. The topological polar surface area (TPSA) is 67.9 Å². The number of nitrogens with zero attached hydrogens (tertiary/aromatic N) is 1. The van der Waals surface area contributed by atoms with E-state index in [4.69, 9.17) is 9.47 Å². The first-order chi connectivity index (χ1) is 19.8. The molecule has 228 valence electrons. The number of carbonyl (C=O) groups excluding carboxylic acids is 2. The Labute approximate surface area is 252 Å². The summed E-state index contributed by atoms with van der Waals surface area (Å²) in [5, 5.41) is 3.93. The Hall–Kier alpha value is -3.12. The molecule has 2 aliphatic rings. The fourth-order valence-electron chi connectivity index (χ4n) is 5.82. The molecule has 0 bridgehead atoms. The molecule has 0 heterocycles. The summed E-state index contributed by atoms with van der Waals surface area (Å²) in [5.74, 6) is 0.276. The second-order valence-electron chi connectivity index (χ2n) is 13.9. The van der Waals surface area contributed by atoms with Crippen molar-refractivity contribution in [3.63, 3.8) is 0 Å². The van der Waals surface area contributed by atoms with E-state index in [9.17, 15) is 9.59 Å². The number of benzene rings is 2. The molecule has 2 aromatic rings. The van der Waals surface area contributed by atoms with Gasteiger partial charge in [-0.1, -0.05) is 61.0 Å². The molecule has 1 amide bonds. The Morgan fingerprint density at radius 2 is 1.50 bits per heavy atom. The first kappa shape index (κ1) is 31.8. The maximum absolute atomic E-state index is 13.4. The maximum atomic E-state index is 13.4. The quantitative estimate of drug-likeness (QED) is 0.306. The number of carbonyl (C=O) groups is 2. The third kappa shape index (κ3) is 9.45. The first-order valence-electron chi connectivity index (χ1n) is 15.6. The number of hydrogen-bond acceptors (Lipinski definition) is 5. The zero-order valence-corrected chi connectivity index (χ0v) is 26.6. The summed E-state index contributed by atoms with van der Waals surface area (Å²) in [5.41, 5.74) is 3.16. The van der Waals surface area contributed by atoms with Crippen molar-refractivity contribution in [2.45, 2.75) is 123 Å². The van der Waals surface area contributed by atoms with Crippen LogP contribution in [-0.4, -0.2) is 46.3 Å². The summed E-state index contributed by atoms with van der Waals surface area (Å²) in [6, 6.07) is 19.1. The zero-order chi connectivity index (χ0) is 30.5. The second kappa shape index (κ2) is 13.5. The van der Waals surface area contributed by atoms with Crippen LogP contribution < -0.4 is 5.32 Å². The molecule has 2 atom stereocenters. The molecule has 2 fully saturated rings. The molecule has 1 N–H and O–H groups in total. The molecule has 0 aromatic heterocycles. The largest absolute Gasteiger partial charge is 0.456 e. The van der Waals surface area contributed by atoms with E-state index in [2.05, 4.69) is 48.6 Å². The Morgan fingerprint density at radius 1 is 0.881 bits per heavy atom. The van der Waals surface area contributed by atoms with Crippen LogP contribution in [-0.2, 0) is 16.0 Å². The van der Waals surface area contributed by atoms with Crippen molar-refractivity contribution in [1.29, 1.82) is 0 Å². The highest BCUT2D eigenvalue weighted by molar-refractivity contribution is 5.89. The molecule has 0 aliphatic heterocycles. The molecule has 0 radical (unpaired) electrons. The van der Waals surface area contributed by atoms with Crippen LogP contribution >= 0.6 is 0 Å². The fourth-order valence-corrected chi connectivity index (χ4v) is 5.82. The van der Waals surface area contributed by atoms with Crippen LogP contribution in [0.5, 0.6) is 0 Å². The molecule has 4 rings (SSSR count). The van der Waals surface area contributed by atoms with E-state index in [1.54, 1.807) is 12.1 Å². The molecule has 42 heavy (non-hydrogen) atoms. The van der Waals surface area contributed by atoms with Crippen LogP contribution in [0, 0.1) is 5.92 Å². The third-order valence-corrected chi connectivity index (χ3v) is 7.98. The number of ether oxygens (including phenoxy) is 2. The molecule has 0 spiro atoms. The highest BCUT2D eigenvalue weighted by atomic mass is 16.6. The minimum atomic E-state index is -0.570. The average Bonchev–Trinajstić information content (AvgIpc) is 3.68. The SMILES string of the molecule is CC/C(=C\c1ccccc1)C1CC1N[C@H]1CC[C@H](N(Cc2ccc(C(=O)OC(C)(C)C)cc2)C(=O)OC(C)(C)C)CC1. The summed E-state index contributed by atoms with van der Waals surface area (Å²) in [4.78, 5) is 27.7. The lowest BCUT2D eigenvalue weighted by Gasteiger charge is -2.38. The van der Waals surface area contributed by atoms with E-state index in [0.717, 1.165) is 37.7 Å². The van der Waals surface area contributed by atoms with Crippen LogP contribution in [0.3, 0.4) is 0 Å². The van der Waals surface area contributed by atoms with Crippen molar-refractivity contribution in [2.24, 2.45) is 5.92 Å². The van der Waals surface area contributed by atoms with E-state index in [-0.39, 0.29) is 18.1 Å². The van der Waals surface area contributed by atoms with Gasteiger partial charge in [-0.05, 0) is 109 Å². The van der Waals surface area contributed by atoms with Gasteiger partial charge in [0.1, 0.15) is 11.2 Å². The summed E-state index contributed by atoms with van der Waals surface area (Å²) in [7, 11) is 0. The van der Waals surface area contributed by atoms with Crippen molar-refractivity contribution in [3.05, 3.63) is 76.9 Å². The van der Waals surface area contributed by atoms with Gasteiger partial charge in [-0.3, -0.25) is 0 Å². The number of amides is 1. The third-order valence-electron chi connectivity index (χ3n) is 7.98. The van der Waals surface area contributed by atoms with Crippen molar-refractivity contribution in [2.75, 3.05) is 0 Å². The van der Waals surface area contributed by atoms with Crippen molar-refractivity contribution in [3.8, 4) is 0 Å². The molecule has 2 aromatic carbocycles. The van der Waals surface area contributed by atoms with Crippen molar-refractivity contribution >= 4 is 18.1 Å². The van der Waals surface area contributed by atoms with Crippen LogP contribution in [0.1, 0.15) is 108 Å². The van der Waals surface area contributed by atoms with Crippen LogP contribution in [0.25, 0.3) is 6.08 Å². The van der Waals surface area contributed by atoms with Crippen LogP contribution in [0.15, 0.2) is 60.2 Å². The van der Waals surface area contributed by atoms with Gasteiger partial charge in [-0.25, -0.2) is 9.59 Å². The van der Waals surface area contributed by atoms with Crippen molar-refractivity contribution < 1.29 is 19.1 Å². The maximum Gasteiger partial charge on any atom is 0.410 e. The minimum absolute atomic E-state index is 0.114. The average molecular weight is 575 g/mol. The fraction of sp³-hybridized carbons (Fsp3) is 0.556. The Morgan fingerprint density at radius 3 is 2.07 bits per heavy atom. The van der Waals surface area contributed by atoms with Gasteiger partial charge in [-0.2, -0.15) is 0 Å². The van der Waals surface area contributed by atoms with Gasteiger partial charge in [0.05, 0.1) is 5.56 Å². The van der Waals surface area contributed by atoms with E-state index < -0.39 is 11.2 Å². The molecule has 6 heteroatoms. The second-order valence-corrected chi connectivity index (χ2v) is 13.9. The Kier molecular flexibility index (Phi) is 10.2. The monoisotopic (exact) mass is 574 g/mol. The predicted octanol–water partition coefficient (Wildman–Crippen LogP) is 8.16. The van der Waals surface area contributed by atoms with E-state index in [1.165, 1.54) is 17.6 Å². The van der Waals surface area contributed by atoms with Gasteiger partial charge in [-0.15, -0.1) is 0 Å². The zero-order valence-electron chi connectivity index (χ0n) is 26.6. The lowest BCUT2D eigenvalue weighted by Crippen LogP contribution is -2.47. The van der Waals surface area contributed by atoms with Crippen LogP contribution in [0.4, 0.5) is 4.79 Å². The normalized spacial score (nSPS) is 22.8. The van der Waals surface area contributed by atoms with Crippen molar-refractivity contribution in [1.82, 2.24) is 10.2 Å². The Bertz CT molecular complexity index is 1220. The highest BCUT2D eigenvalue weighted by Crippen LogP contribution is 2.41. The molecule has 2 aliphatic carbocycles. The molecule has 6 nitrogen and oxygen atoms in total. The molecular formula is C36H50N2O4. The number of hydrogen-bond donors (Lipinski definition) is 1. The highest BCUT2D eigenvalue weighted by Gasteiger charge is 2.41. The standard InChI is InChI=1S/C36H50N2O4/c1-8-27(22-25-12-10-9-11-13-25)31-23-32(31)37-29-18-20-30(21-19-29)38(34(40)42-36(5,6)7)24-26-14-16-28(17-15-26)33(39)41-35(2,3)4/h9-17,22,29-32,37H,8,18-21,23-24H2,1-7H3/b27-22+/t29-,30-,31?,32?. The lowest BCUT2D eigenvalue weighted by molar-refractivity contribution is 0.00616. The van der Waals surface area contributed by atoms with E-state index in [0.29, 0.717) is 30.1 Å². The molecule has 0 saturated heterocycles. The summed E-state index contributed by atoms with van der Waals surface area (Å²) >= 11 is 0. The number of rotatable bonds is 9. The van der Waals surface area contributed by atoms with E-state index in [1.807, 2.05) is 58.6 Å². The smallest absolute Gasteiger partial charge is 0.410 e. The molecular weight excluding hydrogens is 524 g/mol. The summed E-state index contributed by atoms with van der Waals surface area (Å²) in [6.07, 6.45) is 8.31.